The van der Waals surface area contributed by atoms with E-state index in [9.17, 15) is 0 Å². The summed E-state index contributed by atoms with van der Waals surface area (Å²) in [5.41, 5.74) is 1.15. The minimum atomic E-state index is 0.450. The molecule has 0 atom stereocenters. The van der Waals surface area contributed by atoms with Crippen molar-refractivity contribution in [2.45, 2.75) is 46.1 Å². The highest BCUT2D eigenvalue weighted by Gasteiger charge is 2.21. The lowest BCUT2D eigenvalue weighted by Gasteiger charge is -2.34. The predicted octanol–water partition coefficient (Wildman–Crippen LogP) is 3.27. The summed E-state index contributed by atoms with van der Waals surface area (Å²) < 4.78 is 10.8. The molecule has 0 saturated carbocycles. The van der Waals surface area contributed by atoms with Gasteiger partial charge in [0.2, 0.25) is 0 Å². The fourth-order valence-electron chi connectivity index (χ4n) is 3.20. The van der Waals surface area contributed by atoms with Crippen LogP contribution in [0.2, 0.25) is 0 Å². The number of ether oxygens (including phenoxy) is 2. The van der Waals surface area contributed by atoms with Gasteiger partial charge in [0, 0.05) is 56.1 Å². The lowest BCUT2D eigenvalue weighted by Crippen LogP contribution is -2.48. The number of rotatable bonds is 8. The minimum Gasteiger partial charge on any atom is -0.497 e. The number of hydrogen-bond acceptors (Lipinski definition) is 4. The largest absolute Gasteiger partial charge is 0.497 e. The van der Waals surface area contributed by atoms with Gasteiger partial charge in [-0.3, -0.25) is 4.99 Å². The molecule has 1 aromatic rings. The number of anilines is 1. The van der Waals surface area contributed by atoms with E-state index in [2.05, 4.69) is 48.4 Å². The SMILES string of the molecule is CCNC(=NCCC(C)C)NC1CCN(c2cc(OC)cc(OC)c2)CC1. The third-order valence-electron chi connectivity index (χ3n) is 4.86. The second-order valence-corrected chi connectivity index (χ2v) is 7.42. The van der Waals surface area contributed by atoms with Gasteiger partial charge >= 0.3 is 0 Å². The average Bonchev–Trinajstić information content (AvgIpc) is 2.68. The lowest BCUT2D eigenvalue weighted by atomic mass is 10.0. The van der Waals surface area contributed by atoms with E-state index in [4.69, 9.17) is 14.5 Å². The molecule has 0 unspecified atom stereocenters. The molecule has 0 spiro atoms. The molecule has 1 heterocycles. The van der Waals surface area contributed by atoms with E-state index in [1.165, 1.54) is 0 Å². The number of piperidine rings is 1. The number of methoxy groups -OCH3 is 2. The third kappa shape index (κ3) is 6.85. The fourth-order valence-corrected chi connectivity index (χ4v) is 3.20. The second-order valence-electron chi connectivity index (χ2n) is 7.42. The van der Waals surface area contributed by atoms with Gasteiger partial charge in [0.25, 0.3) is 0 Å². The van der Waals surface area contributed by atoms with Crippen molar-refractivity contribution in [3.05, 3.63) is 18.2 Å². The zero-order valence-corrected chi connectivity index (χ0v) is 17.5. The average molecular weight is 377 g/mol. The molecule has 2 rings (SSSR count). The van der Waals surface area contributed by atoms with E-state index in [1.807, 2.05) is 6.07 Å². The van der Waals surface area contributed by atoms with Crippen molar-refractivity contribution in [1.29, 1.82) is 0 Å². The first-order valence-corrected chi connectivity index (χ1v) is 10.1. The van der Waals surface area contributed by atoms with Gasteiger partial charge < -0.3 is 25.0 Å². The first kappa shape index (κ1) is 21.2. The Morgan fingerprint density at radius 1 is 1.15 bits per heavy atom. The van der Waals surface area contributed by atoms with Crippen molar-refractivity contribution in [1.82, 2.24) is 10.6 Å². The number of nitrogens with one attached hydrogen (secondary N) is 2. The van der Waals surface area contributed by atoms with E-state index in [1.54, 1.807) is 14.2 Å². The molecule has 6 heteroatoms. The summed E-state index contributed by atoms with van der Waals surface area (Å²) in [7, 11) is 3.38. The van der Waals surface area contributed by atoms with Crippen molar-refractivity contribution in [2.75, 3.05) is 45.3 Å². The molecule has 1 saturated heterocycles. The molecule has 1 aliphatic heterocycles. The molecular weight excluding hydrogens is 340 g/mol. The van der Waals surface area contributed by atoms with Crippen molar-refractivity contribution in [2.24, 2.45) is 10.9 Å². The van der Waals surface area contributed by atoms with Crippen LogP contribution >= 0.6 is 0 Å². The molecule has 0 radical (unpaired) electrons. The normalized spacial score (nSPS) is 15.8. The standard InChI is InChI=1S/C21H36N4O2/c1-6-22-21(23-10-7-16(2)3)24-17-8-11-25(12-9-17)18-13-19(26-4)15-20(14-18)27-5/h13-17H,6-12H2,1-5H3,(H2,22,23,24). The van der Waals surface area contributed by atoms with Crippen LogP contribution in [0.1, 0.15) is 40.0 Å². The Bertz CT molecular complexity index is 574. The van der Waals surface area contributed by atoms with E-state index in [0.717, 1.165) is 68.6 Å². The zero-order chi connectivity index (χ0) is 19.6. The van der Waals surface area contributed by atoms with Gasteiger partial charge in [-0.15, -0.1) is 0 Å². The van der Waals surface area contributed by atoms with Crippen LogP contribution in [-0.4, -0.2) is 52.4 Å². The summed E-state index contributed by atoms with van der Waals surface area (Å²) in [6.45, 7) is 10.3. The van der Waals surface area contributed by atoms with Gasteiger partial charge in [0.1, 0.15) is 11.5 Å². The van der Waals surface area contributed by atoms with Gasteiger partial charge in [-0.25, -0.2) is 0 Å². The Hall–Kier alpha value is -2.11. The third-order valence-corrected chi connectivity index (χ3v) is 4.86. The van der Waals surface area contributed by atoms with Crippen molar-refractivity contribution < 1.29 is 9.47 Å². The van der Waals surface area contributed by atoms with Gasteiger partial charge in [-0.2, -0.15) is 0 Å². The Morgan fingerprint density at radius 3 is 2.30 bits per heavy atom. The van der Waals surface area contributed by atoms with Crippen LogP contribution < -0.4 is 25.0 Å². The fraction of sp³-hybridized carbons (Fsp3) is 0.667. The maximum Gasteiger partial charge on any atom is 0.191 e. The topological polar surface area (TPSA) is 58.1 Å². The monoisotopic (exact) mass is 376 g/mol. The number of guanidine groups is 1. The van der Waals surface area contributed by atoms with Crippen LogP contribution in [0.25, 0.3) is 0 Å². The maximum absolute atomic E-state index is 5.40. The number of hydrogen-bond donors (Lipinski definition) is 2. The second kappa shape index (κ2) is 10.9. The maximum atomic E-state index is 5.40. The van der Waals surface area contributed by atoms with Gasteiger partial charge in [-0.1, -0.05) is 13.8 Å². The summed E-state index contributed by atoms with van der Waals surface area (Å²) >= 11 is 0. The molecule has 6 nitrogen and oxygen atoms in total. The summed E-state index contributed by atoms with van der Waals surface area (Å²) in [6.07, 6.45) is 3.27. The number of benzene rings is 1. The van der Waals surface area contributed by atoms with Crippen LogP contribution in [0.5, 0.6) is 11.5 Å². The van der Waals surface area contributed by atoms with Crippen LogP contribution in [0.4, 0.5) is 5.69 Å². The smallest absolute Gasteiger partial charge is 0.191 e. The highest BCUT2D eigenvalue weighted by Crippen LogP contribution is 2.30. The molecule has 0 bridgehead atoms. The number of aliphatic imine (C=N–C) groups is 1. The molecule has 0 aromatic heterocycles. The molecule has 0 amide bonds. The highest BCUT2D eigenvalue weighted by molar-refractivity contribution is 5.80. The molecule has 1 fully saturated rings. The Morgan fingerprint density at radius 2 is 1.78 bits per heavy atom. The highest BCUT2D eigenvalue weighted by atomic mass is 16.5. The Balaban J connectivity index is 1.92. The van der Waals surface area contributed by atoms with Crippen LogP contribution in [-0.2, 0) is 0 Å². The van der Waals surface area contributed by atoms with E-state index in [0.29, 0.717) is 12.0 Å². The van der Waals surface area contributed by atoms with Crippen molar-refractivity contribution >= 4 is 11.6 Å². The van der Waals surface area contributed by atoms with Crippen LogP contribution in [0.3, 0.4) is 0 Å². The molecule has 1 aromatic carbocycles. The van der Waals surface area contributed by atoms with E-state index >= 15 is 0 Å². The summed E-state index contributed by atoms with van der Waals surface area (Å²) in [5, 5.41) is 6.98. The van der Waals surface area contributed by atoms with E-state index < -0.39 is 0 Å². The Labute approximate surface area is 164 Å². The number of nitrogens with zero attached hydrogens (tertiary/aromatic N) is 2. The minimum absolute atomic E-state index is 0.450. The predicted molar refractivity (Wildman–Crippen MR) is 113 cm³/mol. The van der Waals surface area contributed by atoms with Crippen LogP contribution in [0.15, 0.2) is 23.2 Å². The van der Waals surface area contributed by atoms with Gasteiger partial charge in [-0.05, 0) is 32.1 Å². The quantitative estimate of drug-likeness (QED) is 0.539. The first-order chi connectivity index (χ1) is 13.0. The molecule has 27 heavy (non-hydrogen) atoms. The van der Waals surface area contributed by atoms with Gasteiger partial charge in [0.15, 0.2) is 5.96 Å². The summed E-state index contributed by atoms with van der Waals surface area (Å²) in [6, 6.07) is 6.51. The van der Waals surface area contributed by atoms with Crippen LogP contribution in [0, 0.1) is 5.92 Å². The molecule has 0 aliphatic carbocycles. The molecular formula is C21H36N4O2. The zero-order valence-electron chi connectivity index (χ0n) is 17.5. The Kier molecular flexibility index (Phi) is 8.55. The van der Waals surface area contributed by atoms with Gasteiger partial charge in [0.05, 0.1) is 14.2 Å². The molecule has 1 aliphatic rings. The molecule has 152 valence electrons. The lowest BCUT2D eigenvalue weighted by molar-refractivity contribution is 0.393. The van der Waals surface area contributed by atoms with E-state index in [-0.39, 0.29) is 0 Å². The summed E-state index contributed by atoms with van der Waals surface area (Å²) in [5.74, 6) is 3.28. The van der Waals surface area contributed by atoms with Crippen molar-refractivity contribution in [3.8, 4) is 11.5 Å². The molecule has 2 N–H and O–H groups in total. The first-order valence-electron chi connectivity index (χ1n) is 10.1. The summed E-state index contributed by atoms with van der Waals surface area (Å²) in [4.78, 5) is 7.11. The van der Waals surface area contributed by atoms with Crippen molar-refractivity contribution in [3.63, 3.8) is 0 Å².